The summed E-state index contributed by atoms with van der Waals surface area (Å²) in [6.07, 6.45) is 14.4. The first-order valence-electron chi connectivity index (χ1n) is 18.5. The molecule has 0 aromatic heterocycles. The minimum absolute atomic E-state index is 0.0906. The molecular formula is C50H44O8. The molecule has 6 aromatic carbocycles. The third kappa shape index (κ3) is 13.3. The summed E-state index contributed by atoms with van der Waals surface area (Å²) in [5, 5.41) is 38.1. The van der Waals surface area contributed by atoms with Crippen LogP contribution in [0.25, 0.3) is 24.3 Å². The fourth-order valence-electron chi connectivity index (χ4n) is 5.83. The number of aliphatic carboxylic acids is 2. The van der Waals surface area contributed by atoms with Crippen molar-refractivity contribution in [2.75, 3.05) is 0 Å². The van der Waals surface area contributed by atoms with Gasteiger partial charge in [-0.3, -0.25) is 0 Å². The second-order valence-corrected chi connectivity index (χ2v) is 12.9. The van der Waals surface area contributed by atoms with Crippen molar-refractivity contribution in [1.29, 1.82) is 0 Å². The number of hydrogen-bond donors (Lipinski definition) is 4. The number of rotatable bonds is 16. The molecule has 0 fully saturated rings. The molecule has 0 aliphatic carbocycles. The Kier molecular flexibility index (Phi) is 15.8. The standard InChI is InChI=1S/2C25H22O4/c2*26-23-15-7-14-22(25(23)29-18-19-8-2-1-3-9-19)13-6-12-20-10-4-5-11-21(20)16-17-24(27)28/h1-11,13-17,26H,12,18H2,(H,27,28);1-12,14-17,26H,13,18H2,(H,27,28)/b13-6-,17-16+;12-6+,17-16+. The molecular weight excluding hydrogens is 729 g/mol. The van der Waals surface area contributed by atoms with Crippen LogP contribution in [0.1, 0.15) is 44.5 Å². The van der Waals surface area contributed by atoms with E-state index in [0.29, 0.717) is 37.6 Å². The van der Waals surface area contributed by atoms with E-state index in [9.17, 15) is 19.8 Å². The highest BCUT2D eigenvalue weighted by Crippen LogP contribution is 2.33. The topological polar surface area (TPSA) is 134 Å². The maximum atomic E-state index is 10.8. The molecule has 292 valence electrons. The lowest BCUT2D eigenvalue weighted by atomic mass is 10.0. The van der Waals surface area contributed by atoms with Gasteiger partial charge in [-0.1, -0.05) is 158 Å². The molecule has 8 nitrogen and oxygen atoms in total. The SMILES string of the molecule is O=C(O)/C=C/c1ccccc1/C=C/Cc1cccc(O)c1OCc1ccccc1.O=C(O)/C=C/c1ccccc1C/C=C\c1cccc(O)c1OCc1ccccc1. The maximum Gasteiger partial charge on any atom is 0.328 e. The van der Waals surface area contributed by atoms with Crippen molar-refractivity contribution in [2.24, 2.45) is 0 Å². The smallest absolute Gasteiger partial charge is 0.328 e. The Morgan fingerprint density at radius 1 is 0.431 bits per heavy atom. The van der Waals surface area contributed by atoms with Crippen LogP contribution in [0.5, 0.6) is 23.0 Å². The lowest BCUT2D eigenvalue weighted by molar-refractivity contribution is -0.132. The van der Waals surface area contributed by atoms with E-state index in [1.807, 2.05) is 146 Å². The maximum absolute atomic E-state index is 10.8. The number of carboxylic acids is 2. The van der Waals surface area contributed by atoms with Gasteiger partial charge < -0.3 is 29.9 Å². The van der Waals surface area contributed by atoms with E-state index in [1.165, 1.54) is 0 Å². The molecule has 0 amide bonds. The minimum Gasteiger partial charge on any atom is -0.504 e. The van der Waals surface area contributed by atoms with Gasteiger partial charge in [-0.15, -0.1) is 0 Å². The van der Waals surface area contributed by atoms with Gasteiger partial charge >= 0.3 is 11.9 Å². The van der Waals surface area contributed by atoms with Crippen LogP contribution in [0.2, 0.25) is 0 Å². The second kappa shape index (κ2) is 22.1. The van der Waals surface area contributed by atoms with E-state index >= 15 is 0 Å². The van der Waals surface area contributed by atoms with Crippen LogP contribution in [-0.4, -0.2) is 32.4 Å². The van der Waals surface area contributed by atoms with E-state index in [1.54, 1.807) is 36.4 Å². The van der Waals surface area contributed by atoms with Crippen molar-refractivity contribution in [1.82, 2.24) is 0 Å². The van der Waals surface area contributed by atoms with E-state index in [-0.39, 0.29) is 11.5 Å². The highest BCUT2D eigenvalue weighted by molar-refractivity contribution is 5.86. The van der Waals surface area contributed by atoms with E-state index in [4.69, 9.17) is 19.7 Å². The summed E-state index contributed by atoms with van der Waals surface area (Å²) in [6, 6.07) is 45.3. The number of benzene rings is 6. The van der Waals surface area contributed by atoms with Gasteiger partial charge in [0.1, 0.15) is 13.2 Å². The van der Waals surface area contributed by atoms with Crippen molar-refractivity contribution in [3.8, 4) is 23.0 Å². The summed E-state index contributed by atoms with van der Waals surface area (Å²) < 4.78 is 11.8. The van der Waals surface area contributed by atoms with Gasteiger partial charge in [0.2, 0.25) is 0 Å². The van der Waals surface area contributed by atoms with Crippen LogP contribution < -0.4 is 9.47 Å². The fourth-order valence-corrected chi connectivity index (χ4v) is 5.83. The molecule has 0 spiro atoms. The zero-order valence-corrected chi connectivity index (χ0v) is 31.7. The molecule has 0 saturated heterocycles. The number of para-hydroxylation sites is 2. The van der Waals surface area contributed by atoms with Gasteiger partial charge in [-0.2, -0.15) is 0 Å². The number of carbonyl (C=O) groups is 2. The molecule has 0 atom stereocenters. The Morgan fingerprint density at radius 3 is 1.45 bits per heavy atom. The highest BCUT2D eigenvalue weighted by Gasteiger charge is 2.10. The van der Waals surface area contributed by atoms with Crippen molar-refractivity contribution >= 4 is 36.2 Å². The Balaban J connectivity index is 0.000000221. The van der Waals surface area contributed by atoms with E-state index in [2.05, 4.69) is 0 Å². The molecule has 6 rings (SSSR count). The summed E-state index contributed by atoms with van der Waals surface area (Å²) in [5.41, 5.74) is 7.29. The Bertz CT molecular complexity index is 2380. The van der Waals surface area contributed by atoms with Crippen molar-refractivity contribution in [3.63, 3.8) is 0 Å². The molecule has 0 heterocycles. The average molecular weight is 773 g/mol. The third-order valence-corrected chi connectivity index (χ3v) is 8.68. The summed E-state index contributed by atoms with van der Waals surface area (Å²) >= 11 is 0. The predicted molar refractivity (Wildman–Crippen MR) is 229 cm³/mol. The second-order valence-electron chi connectivity index (χ2n) is 12.9. The summed E-state index contributed by atoms with van der Waals surface area (Å²) in [6.45, 7) is 0.736. The number of allylic oxidation sites excluding steroid dienone is 2. The quantitative estimate of drug-likeness (QED) is 0.0715. The van der Waals surface area contributed by atoms with Gasteiger partial charge in [0.15, 0.2) is 23.0 Å². The average Bonchev–Trinajstić information content (AvgIpc) is 3.23. The molecule has 4 N–H and O–H groups in total. The molecule has 58 heavy (non-hydrogen) atoms. The lowest BCUT2D eigenvalue weighted by Gasteiger charge is -2.12. The predicted octanol–water partition coefficient (Wildman–Crippen LogP) is 10.6. The first kappa shape index (κ1) is 41.6. The van der Waals surface area contributed by atoms with Gasteiger partial charge in [0, 0.05) is 23.3 Å². The zero-order chi connectivity index (χ0) is 41.0. The largest absolute Gasteiger partial charge is 0.504 e. The number of aromatic hydroxyl groups is 2. The molecule has 0 aliphatic heterocycles. The minimum atomic E-state index is -0.983. The first-order chi connectivity index (χ1) is 28.3. The molecule has 0 aliphatic rings. The van der Waals surface area contributed by atoms with Crippen LogP contribution >= 0.6 is 0 Å². The molecule has 6 aromatic rings. The van der Waals surface area contributed by atoms with E-state index in [0.717, 1.165) is 56.7 Å². The molecule has 0 saturated carbocycles. The van der Waals surface area contributed by atoms with Crippen molar-refractivity contribution < 1.29 is 39.5 Å². The molecule has 0 bridgehead atoms. The van der Waals surface area contributed by atoms with Crippen LogP contribution in [0.3, 0.4) is 0 Å². The Hall–Kier alpha value is -7.58. The normalized spacial score (nSPS) is 11.2. The zero-order valence-electron chi connectivity index (χ0n) is 31.7. The van der Waals surface area contributed by atoms with Crippen LogP contribution in [0, 0.1) is 0 Å². The molecule has 8 heteroatoms. The van der Waals surface area contributed by atoms with Crippen LogP contribution in [0.15, 0.2) is 170 Å². The van der Waals surface area contributed by atoms with Gasteiger partial charge in [0.05, 0.1) is 0 Å². The number of ether oxygens (including phenoxy) is 2. The van der Waals surface area contributed by atoms with Crippen LogP contribution in [-0.2, 0) is 35.6 Å². The molecule has 0 unspecified atom stereocenters. The fraction of sp³-hybridized carbons (Fsp3) is 0.0800. The van der Waals surface area contributed by atoms with Crippen molar-refractivity contribution in [2.45, 2.75) is 26.1 Å². The third-order valence-electron chi connectivity index (χ3n) is 8.68. The van der Waals surface area contributed by atoms with E-state index < -0.39 is 11.9 Å². The number of phenols is 2. The monoisotopic (exact) mass is 772 g/mol. The highest BCUT2D eigenvalue weighted by atomic mass is 16.5. The Morgan fingerprint density at radius 2 is 0.845 bits per heavy atom. The summed E-state index contributed by atoms with van der Waals surface area (Å²) in [7, 11) is 0. The molecule has 0 radical (unpaired) electrons. The van der Waals surface area contributed by atoms with Crippen molar-refractivity contribution in [3.05, 3.63) is 214 Å². The lowest BCUT2D eigenvalue weighted by Crippen LogP contribution is -1.98. The van der Waals surface area contributed by atoms with Gasteiger partial charge in [-0.25, -0.2) is 9.59 Å². The van der Waals surface area contributed by atoms with Gasteiger partial charge in [-0.05, 0) is 70.5 Å². The first-order valence-corrected chi connectivity index (χ1v) is 18.5. The van der Waals surface area contributed by atoms with Gasteiger partial charge in [0.25, 0.3) is 0 Å². The summed E-state index contributed by atoms with van der Waals surface area (Å²) in [5.74, 6) is -0.852. The number of hydrogen-bond acceptors (Lipinski definition) is 6. The number of carboxylic acid groups (broad SMARTS) is 2. The summed E-state index contributed by atoms with van der Waals surface area (Å²) in [4.78, 5) is 21.6. The van der Waals surface area contributed by atoms with Crippen LogP contribution in [0.4, 0.5) is 0 Å². The Labute approximate surface area is 338 Å². The number of phenolic OH excluding ortho intramolecular Hbond substituents is 2.